The molecule has 0 spiro atoms. The first-order chi connectivity index (χ1) is 8.70. The Labute approximate surface area is 113 Å². The van der Waals surface area contributed by atoms with Crippen LogP contribution >= 0.6 is 11.3 Å². The van der Waals surface area contributed by atoms with Gasteiger partial charge in [-0.05, 0) is 36.1 Å². The summed E-state index contributed by atoms with van der Waals surface area (Å²) in [5.41, 5.74) is 1.64. The van der Waals surface area contributed by atoms with Crippen LogP contribution in [0, 0.1) is 11.3 Å². The molecule has 0 saturated heterocycles. The zero-order chi connectivity index (χ0) is 13.0. The molecule has 1 aromatic carbocycles. The Balaban J connectivity index is 2.05. The van der Waals surface area contributed by atoms with Gasteiger partial charge in [0.15, 0.2) is 0 Å². The van der Waals surface area contributed by atoms with Gasteiger partial charge in [-0.2, -0.15) is 5.26 Å². The molecule has 2 aromatic rings. The summed E-state index contributed by atoms with van der Waals surface area (Å²) in [6, 6.07) is 13.4. The van der Waals surface area contributed by atoms with Crippen molar-refractivity contribution in [3.05, 3.63) is 57.8 Å². The van der Waals surface area contributed by atoms with Gasteiger partial charge in [-0.15, -0.1) is 11.3 Å². The average Bonchev–Trinajstić information content (AvgIpc) is 2.92. The Kier molecular flexibility index (Phi) is 4.29. The molecular weight excluding hydrogens is 262 g/mol. The summed E-state index contributed by atoms with van der Waals surface area (Å²) in [4.78, 5) is 1.15. The van der Waals surface area contributed by atoms with Gasteiger partial charge >= 0.3 is 0 Å². The van der Waals surface area contributed by atoms with Gasteiger partial charge in [0, 0.05) is 21.4 Å². The average molecular weight is 275 g/mol. The largest absolute Gasteiger partial charge is 0.259 e. The summed E-state index contributed by atoms with van der Waals surface area (Å²) < 4.78 is 12.2. The molecule has 2 atom stereocenters. The summed E-state index contributed by atoms with van der Waals surface area (Å²) in [7, 11) is -0.926. The first-order valence-electron chi connectivity index (χ1n) is 5.60. The highest BCUT2D eigenvalue weighted by Crippen LogP contribution is 2.25. The van der Waals surface area contributed by atoms with Crippen LogP contribution in [0.15, 0.2) is 41.8 Å². The van der Waals surface area contributed by atoms with Gasteiger partial charge in [0.1, 0.15) is 0 Å². The Morgan fingerprint density at radius 1 is 1.33 bits per heavy atom. The van der Waals surface area contributed by atoms with Crippen molar-refractivity contribution >= 4 is 22.1 Å². The number of nitriles is 1. The molecule has 0 aliphatic carbocycles. The van der Waals surface area contributed by atoms with Crippen molar-refractivity contribution in [2.75, 3.05) is 0 Å². The van der Waals surface area contributed by atoms with Gasteiger partial charge in [-0.1, -0.05) is 18.2 Å². The maximum atomic E-state index is 12.2. The van der Waals surface area contributed by atoms with Crippen LogP contribution in [0.5, 0.6) is 0 Å². The molecule has 1 aromatic heterocycles. The Bertz CT molecular complexity index is 567. The minimum Gasteiger partial charge on any atom is -0.259 e. The Hall–Kier alpha value is -1.44. The van der Waals surface area contributed by atoms with Crippen LogP contribution in [0.3, 0.4) is 0 Å². The molecule has 18 heavy (non-hydrogen) atoms. The van der Waals surface area contributed by atoms with Gasteiger partial charge in [-0.25, -0.2) is 0 Å². The van der Waals surface area contributed by atoms with E-state index in [-0.39, 0.29) is 5.25 Å². The molecule has 0 bridgehead atoms. The first kappa shape index (κ1) is 13.0. The normalized spacial score (nSPS) is 13.8. The van der Waals surface area contributed by atoms with Crippen LogP contribution in [0.4, 0.5) is 0 Å². The van der Waals surface area contributed by atoms with E-state index >= 15 is 0 Å². The van der Waals surface area contributed by atoms with Crippen LogP contribution in [0.1, 0.15) is 28.2 Å². The molecule has 0 fully saturated rings. The highest BCUT2D eigenvalue weighted by Gasteiger charge is 2.14. The number of hydrogen-bond acceptors (Lipinski definition) is 3. The number of rotatable bonds is 4. The van der Waals surface area contributed by atoms with E-state index < -0.39 is 10.8 Å². The molecule has 2 nitrogen and oxygen atoms in total. The Morgan fingerprint density at radius 2 is 2.06 bits per heavy atom. The third kappa shape index (κ3) is 3.06. The summed E-state index contributed by atoms with van der Waals surface area (Å²) in [6.45, 7) is 1.99. The van der Waals surface area contributed by atoms with Crippen molar-refractivity contribution in [2.45, 2.75) is 17.9 Å². The Morgan fingerprint density at radius 3 is 2.61 bits per heavy atom. The maximum absolute atomic E-state index is 12.2. The standard InChI is InChI=1S/C14H13NOS2/c1-11(14-3-2-8-17-14)18(16)10-13-6-4-12(9-15)5-7-13/h2-8,11H,10H2,1H3/t11-,18+/m1/s1. The van der Waals surface area contributed by atoms with Gasteiger partial charge in [0.2, 0.25) is 0 Å². The van der Waals surface area contributed by atoms with Crippen molar-refractivity contribution in [2.24, 2.45) is 0 Å². The number of thiophene rings is 1. The molecule has 0 amide bonds. The van der Waals surface area contributed by atoms with Crippen molar-refractivity contribution in [3.8, 4) is 6.07 Å². The summed E-state index contributed by atoms with van der Waals surface area (Å²) in [5.74, 6) is 0.533. The molecule has 0 saturated carbocycles. The second kappa shape index (κ2) is 5.94. The quantitative estimate of drug-likeness (QED) is 0.855. The van der Waals surface area contributed by atoms with E-state index in [0.29, 0.717) is 11.3 Å². The number of hydrogen-bond donors (Lipinski definition) is 0. The van der Waals surface area contributed by atoms with E-state index in [1.165, 1.54) is 0 Å². The predicted octanol–water partition coefficient (Wildman–Crippen LogP) is 3.63. The highest BCUT2D eigenvalue weighted by atomic mass is 32.2. The molecular formula is C14H13NOS2. The van der Waals surface area contributed by atoms with Crippen molar-refractivity contribution in [1.29, 1.82) is 5.26 Å². The molecule has 2 rings (SSSR count). The van der Waals surface area contributed by atoms with E-state index in [2.05, 4.69) is 6.07 Å². The lowest BCUT2D eigenvalue weighted by Crippen LogP contribution is -2.03. The van der Waals surface area contributed by atoms with Gasteiger partial charge in [-0.3, -0.25) is 4.21 Å². The molecule has 0 aliphatic heterocycles. The predicted molar refractivity (Wildman–Crippen MR) is 75.7 cm³/mol. The van der Waals surface area contributed by atoms with Gasteiger partial charge in [0.05, 0.1) is 16.9 Å². The third-order valence-corrected chi connectivity index (χ3v) is 5.59. The fourth-order valence-electron chi connectivity index (χ4n) is 1.62. The van der Waals surface area contributed by atoms with Crippen molar-refractivity contribution in [3.63, 3.8) is 0 Å². The summed E-state index contributed by atoms with van der Waals surface area (Å²) in [6.07, 6.45) is 0. The van der Waals surface area contributed by atoms with Crippen molar-refractivity contribution < 1.29 is 4.21 Å². The fraction of sp³-hybridized carbons (Fsp3) is 0.214. The van der Waals surface area contributed by atoms with E-state index in [9.17, 15) is 4.21 Å². The summed E-state index contributed by atoms with van der Waals surface area (Å²) >= 11 is 1.64. The zero-order valence-electron chi connectivity index (χ0n) is 10.00. The molecule has 92 valence electrons. The van der Waals surface area contributed by atoms with Crippen LogP contribution in [0.2, 0.25) is 0 Å². The molecule has 0 N–H and O–H groups in total. The van der Waals surface area contributed by atoms with Crippen LogP contribution in [0.25, 0.3) is 0 Å². The summed E-state index contributed by atoms with van der Waals surface area (Å²) in [5, 5.41) is 10.8. The fourth-order valence-corrected chi connectivity index (χ4v) is 3.88. The van der Waals surface area contributed by atoms with Crippen LogP contribution in [-0.2, 0) is 16.6 Å². The molecule has 0 aliphatic rings. The van der Waals surface area contributed by atoms with E-state index in [0.717, 1.165) is 10.4 Å². The van der Waals surface area contributed by atoms with Gasteiger partial charge in [0.25, 0.3) is 0 Å². The second-order valence-corrected chi connectivity index (χ2v) is 6.73. The molecule has 0 radical (unpaired) electrons. The van der Waals surface area contributed by atoms with Crippen molar-refractivity contribution in [1.82, 2.24) is 0 Å². The second-order valence-electron chi connectivity index (χ2n) is 3.99. The van der Waals surface area contributed by atoms with E-state index in [4.69, 9.17) is 5.26 Å². The minimum atomic E-state index is -0.926. The highest BCUT2D eigenvalue weighted by molar-refractivity contribution is 7.84. The third-order valence-electron chi connectivity index (χ3n) is 2.73. The number of benzene rings is 1. The molecule has 4 heteroatoms. The zero-order valence-corrected chi connectivity index (χ0v) is 11.6. The first-order valence-corrected chi connectivity index (χ1v) is 7.86. The monoisotopic (exact) mass is 275 g/mol. The minimum absolute atomic E-state index is 0.0562. The van der Waals surface area contributed by atoms with E-state index in [1.807, 2.05) is 36.6 Å². The van der Waals surface area contributed by atoms with E-state index in [1.54, 1.807) is 23.5 Å². The maximum Gasteiger partial charge on any atom is 0.0991 e. The molecule has 1 heterocycles. The SMILES string of the molecule is C[C@H](c1cccs1)[S@@](=O)Cc1ccc(C#N)cc1. The van der Waals surface area contributed by atoms with Crippen LogP contribution in [-0.4, -0.2) is 4.21 Å². The smallest absolute Gasteiger partial charge is 0.0991 e. The number of nitrogens with zero attached hydrogens (tertiary/aromatic N) is 1. The van der Waals surface area contributed by atoms with Gasteiger partial charge < -0.3 is 0 Å². The lowest BCUT2D eigenvalue weighted by atomic mass is 10.2. The molecule has 0 unspecified atom stereocenters. The lowest BCUT2D eigenvalue weighted by Gasteiger charge is -2.09. The lowest BCUT2D eigenvalue weighted by molar-refractivity contribution is 0.676. The van der Waals surface area contributed by atoms with Crippen LogP contribution < -0.4 is 0 Å². The topological polar surface area (TPSA) is 40.9 Å².